The summed E-state index contributed by atoms with van der Waals surface area (Å²) >= 11 is 3.20. The van der Waals surface area contributed by atoms with Crippen LogP contribution in [0.1, 0.15) is 23.2 Å². The molecular formula is C19H21N3OS2. The third-order valence-electron chi connectivity index (χ3n) is 4.22. The molecule has 0 N–H and O–H groups in total. The first-order valence-corrected chi connectivity index (χ1v) is 9.81. The van der Waals surface area contributed by atoms with Crippen LogP contribution in [0.4, 0.5) is 5.69 Å². The maximum Gasteiger partial charge on any atom is 0.239 e. The largest absolute Gasteiger partial charge is 0.315 e. The summed E-state index contributed by atoms with van der Waals surface area (Å²) in [5.41, 5.74) is 2.10. The van der Waals surface area contributed by atoms with Crippen LogP contribution in [0, 0.1) is 20.8 Å². The van der Waals surface area contributed by atoms with E-state index in [1.54, 1.807) is 16.2 Å². The van der Waals surface area contributed by atoms with Crippen molar-refractivity contribution in [1.29, 1.82) is 0 Å². The number of hydrogen-bond donors (Lipinski definition) is 0. The number of thioether (sulfide) groups is 1. The summed E-state index contributed by atoms with van der Waals surface area (Å²) < 4.78 is 0. The number of carbonyl (C=O) groups is 1. The lowest BCUT2D eigenvalue weighted by atomic mass is 10.2. The third-order valence-corrected chi connectivity index (χ3v) is 6.39. The molecule has 0 saturated carbocycles. The summed E-state index contributed by atoms with van der Waals surface area (Å²) in [6.45, 7) is 8.03. The number of rotatable bonds is 4. The number of aryl methyl sites for hydroxylation is 3. The molecule has 1 amide bonds. The van der Waals surface area contributed by atoms with E-state index in [9.17, 15) is 4.79 Å². The van der Waals surface area contributed by atoms with Crippen LogP contribution in [-0.4, -0.2) is 28.2 Å². The second kappa shape index (κ2) is 7.14. The van der Waals surface area contributed by atoms with E-state index in [-0.39, 0.29) is 11.2 Å². The fourth-order valence-corrected chi connectivity index (χ4v) is 4.95. The maximum atomic E-state index is 12.8. The number of para-hydroxylation sites is 1. The highest BCUT2D eigenvalue weighted by Gasteiger charge is 2.23. The van der Waals surface area contributed by atoms with Crippen LogP contribution in [0.25, 0.3) is 10.2 Å². The Bertz CT molecular complexity index is 921. The van der Waals surface area contributed by atoms with Crippen molar-refractivity contribution in [3.05, 3.63) is 46.6 Å². The molecule has 0 radical (unpaired) electrons. The molecule has 6 heteroatoms. The zero-order valence-corrected chi connectivity index (χ0v) is 16.7. The number of hydrogen-bond acceptors (Lipinski definition) is 5. The van der Waals surface area contributed by atoms with Crippen LogP contribution < -0.4 is 4.90 Å². The van der Waals surface area contributed by atoms with Gasteiger partial charge < -0.3 is 4.90 Å². The Labute approximate surface area is 156 Å². The number of nitrogens with zero attached hydrogens (tertiary/aromatic N) is 3. The number of anilines is 1. The average molecular weight is 372 g/mol. The van der Waals surface area contributed by atoms with Gasteiger partial charge in [0.05, 0.1) is 5.25 Å². The van der Waals surface area contributed by atoms with E-state index in [1.807, 2.05) is 51.2 Å². The molecule has 0 aliphatic carbocycles. The van der Waals surface area contributed by atoms with E-state index in [0.29, 0.717) is 0 Å². The molecule has 1 aromatic carbocycles. The summed E-state index contributed by atoms with van der Waals surface area (Å²) in [5, 5.41) is 1.74. The Morgan fingerprint density at radius 2 is 1.84 bits per heavy atom. The lowest BCUT2D eigenvalue weighted by molar-refractivity contribution is -0.117. The number of benzene rings is 1. The minimum Gasteiger partial charge on any atom is -0.315 e. The predicted octanol–water partition coefficient (Wildman–Crippen LogP) is 4.76. The summed E-state index contributed by atoms with van der Waals surface area (Å²) in [4.78, 5) is 25.9. The Morgan fingerprint density at radius 1 is 1.16 bits per heavy atom. The van der Waals surface area contributed by atoms with Gasteiger partial charge >= 0.3 is 0 Å². The fraction of sp³-hybridized carbons (Fsp3) is 0.316. The van der Waals surface area contributed by atoms with Gasteiger partial charge in [0, 0.05) is 23.0 Å². The molecule has 0 spiro atoms. The molecule has 3 aromatic rings. The fourth-order valence-electron chi connectivity index (χ4n) is 2.67. The molecule has 2 aromatic heterocycles. The standard InChI is InChI=1S/C19H21N3OS2/c1-11-12(2)24-17-16(11)18(21-14(4)20-17)25-13(3)19(23)22(5)15-9-7-6-8-10-15/h6-10,13H,1-5H3. The minimum atomic E-state index is -0.234. The summed E-state index contributed by atoms with van der Waals surface area (Å²) in [5.74, 6) is 0.803. The summed E-state index contributed by atoms with van der Waals surface area (Å²) in [6, 6.07) is 9.70. The Kier molecular flexibility index (Phi) is 5.11. The number of thiophene rings is 1. The molecule has 4 nitrogen and oxygen atoms in total. The zero-order valence-electron chi connectivity index (χ0n) is 15.0. The second-order valence-corrected chi connectivity index (χ2v) is 8.56. The van der Waals surface area contributed by atoms with Crippen molar-refractivity contribution in [2.24, 2.45) is 0 Å². The monoisotopic (exact) mass is 371 g/mol. The van der Waals surface area contributed by atoms with Gasteiger partial charge in [-0.3, -0.25) is 4.79 Å². The van der Waals surface area contributed by atoms with Crippen molar-refractivity contribution in [1.82, 2.24) is 9.97 Å². The molecule has 0 bridgehead atoms. The van der Waals surface area contributed by atoms with Crippen molar-refractivity contribution < 1.29 is 4.79 Å². The van der Waals surface area contributed by atoms with E-state index in [4.69, 9.17) is 0 Å². The smallest absolute Gasteiger partial charge is 0.239 e. The van der Waals surface area contributed by atoms with Crippen LogP contribution in [0.5, 0.6) is 0 Å². The highest BCUT2D eigenvalue weighted by molar-refractivity contribution is 8.00. The molecule has 2 heterocycles. The Morgan fingerprint density at radius 3 is 2.52 bits per heavy atom. The summed E-state index contributed by atoms with van der Waals surface area (Å²) in [7, 11) is 1.82. The van der Waals surface area contributed by atoms with Crippen molar-refractivity contribution in [2.45, 2.75) is 38.0 Å². The highest BCUT2D eigenvalue weighted by Crippen LogP contribution is 2.37. The number of fused-ring (bicyclic) bond motifs is 1. The van der Waals surface area contributed by atoms with E-state index >= 15 is 0 Å². The molecule has 3 rings (SSSR count). The van der Waals surface area contributed by atoms with Gasteiger partial charge in [-0.1, -0.05) is 30.0 Å². The van der Waals surface area contributed by atoms with Gasteiger partial charge in [0.25, 0.3) is 0 Å². The lowest BCUT2D eigenvalue weighted by Gasteiger charge is -2.21. The molecule has 130 valence electrons. The van der Waals surface area contributed by atoms with Gasteiger partial charge in [0.1, 0.15) is 15.7 Å². The predicted molar refractivity (Wildman–Crippen MR) is 107 cm³/mol. The van der Waals surface area contributed by atoms with E-state index in [2.05, 4.69) is 23.8 Å². The first-order chi connectivity index (χ1) is 11.9. The Hall–Kier alpha value is -1.92. The van der Waals surface area contributed by atoms with Gasteiger partial charge in [-0.25, -0.2) is 9.97 Å². The minimum absolute atomic E-state index is 0.0604. The van der Waals surface area contributed by atoms with Crippen LogP contribution in [-0.2, 0) is 4.79 Å². The van der Waals surface area contributed by atoms with Crippen LogP contribution >= 0.6 is 23.1 Å². The molecule has 1 unspecified atom stereocenters. The van der Waals surface area contributed by atoms with Gasteiger partial charge in [-0.05, 0) is 45.4 Å². The second-order valence-electron chi connectivity index (χ2n) is 6.03. The van der Waals surface area contributed by atoms with Crippen molar-refractivity contribution in [3.8, 4) is 0 Å². The topological polar surface area (TPSA) is 46.1 Å². The first-order valence-electron chi connectivity index (χ1n) is 8.12. The zero-order chi connectivity index (χ0) is 18.1. The quantitative estimate of drug-likeness (QED) is 0.490. The van der Waals surface area contributed by atoms with Gasteiger partial charge in [0.2, 0.25) is 5.91 Å². The van der Waals surface area contributed by atoms with Crippen LogP contribution in [0.15, 0.2) is 35.4 Å². The summed E-state index contributed by atoms with van der Waals surface area (Å²) in [6.07, 6.45) is 0. The molecule has 0 saturated heterocycles. The van der Waals surface area contributed by atoms with Crippen molar-refractivity contribution in [2.75, 3.05) is 11.9 Å². The van der Waals surface area contributed by atoms with Gasteiger partial charge in [-0.15, -0.1) is 11.3 Å². The number of carbonyl (C=O) groups excluding carboxylic acids is 1. The average Bonchev–Trinajstić information content (AvgIpc) is 2.88. The van der Waals surface area contributed by atoms with E-state index < -0.39 is 0 Å². The number of aromatic nitrogens is 2. The lowest BCUT2D eigenvalue weighted by Crippen LogP contribution is -2.33. The van der Waals surface area contributed by atoms with E-state index in [0.717, 1.165) is 26.8 Å². The SMILES string of the molecule is Cc1nc(SC(C)C(=O)N(C)c2ccccc2)c2c(C)c(C)sc2n1. The molecular weight excluding hydrogens is 350 g/mol. The van der Waals surface area contributed by atoms with Crippen molar-refractivity contribution >= 4 is 44.9 Å². The first kappa shape index (κ1) is 17.9. The Balaban J connectivity index is 1.89. The highest BCUT2D eigenvalue weighted by atomic mass is 32.2. The van der Waals surface area contributed by atoms with E-state index in [1.165, 1.54) is 22.2 Å². The van der Waals surface area contributed by atoms with Crippen LogP contribution in [0.3, 0.4) is 0 Å². The molecule has 0 aliphatic rings. The van der Waals surface area contributed by atoms with Gasteiger partial charge in [0.15, 0.2) is 0 Å². The molecule has 25 heavy (non-hydrogen) atoms. The molecule has 1 atom stereocenters. The molecule has 0 fully saturated rings. The normalized spacial score (nSPS) is 12.4. The number of amides is 1. The third kappa shape index (κ3) is 3.55. The van der Waals surface area contributed by atoms with Crippen molar-refractivity contribution in [3.63, 3.8) is 0 Å². The van der Waals surface area contributed by atoms with Gasteiger partial charge in [-0.2, -0.15) is 0 Å². The maximum absolute atomic E-state index is 12.8. The van der Waals surface area contributed by atoms with Crippen LogP contribution in [0.2, 0.25) is 0 Å². The molecule has 0 aliphatic heterocycles.